The first-order valence-electron chi connectivity index (χ1n) is 6.19. The number of carbonyl (C=O) groups is 3. The number of alkyl halides is 5. The lowest BCUT2D eigenvalue weighted by Crippen LogP contribution is -2.62. The van der Waals surface area contributed by atoms with Crippen LogP contribution in [-0.2, 0) is 23.9 Å². The SMILES string of the molecule is C=CC(=O)OC(OCCC(F)(F)S)(C(=O)NCC(C)=O)C(F)(F)F. The van der Waals surface area contributed by atoms with Crippen molar-refractivity contribution in [3.63, 3.8) is 0 Å². The Kier molecular flexibility index (Phi) is 7.83. The summed E-state index contributed by atoms with van der Waals surface area (Å²) in [4.78, 5) is 33.7. The van der Waals surface area contributed by atoms with Crippen molar-refractivity contribution in [2.75, 3.05) is 13.2 Å². The van der Waals surface area contributed by atoms with E-state index in [2.05, 4.69) is 28.7 Å². The molecule has 0 rings (SSSR count). The van der Waals surface area contributed by atoms with Gasteiger partial charge >= 0.3 is 23.8 Å². The number of ether oxygens (including phenoxy) is 2. The van der Waals surface area contributed by atoms with Gasteiger partial charge in [-0.15, -0.1) is 12.6 Å². The van der Waals surface area contributed by atoms with E-state index in [4.69, 9.17) is 0 Å². The summed E-state index contributed by atoms with van der Waals surface area (Å²) >= 11 is 2.80. The molecule has 6 nitrogen and oxygen atoms in total. The lowest BCUT2D eigenvalue weighted by Gasteiger charge is -2.32. The molecular formula is C12H14F5NO5S. The smallest absolute Gasteiger partial charge is 0.412 e. The molecule has 1 N–H and O–H groups in total. The molecule has 0 aromatic heterocycles. The quantitative estimate of drug-likeness (QED) is 0.209. The number of halogens is 5. The van der Waals surface area contributed by atoms with Crippen LogP contribution < -0.4 is 5.32 Å². The molecule has 0 aliphatic heterocycles. The average molecular weight is 379 g/mol. The van der Waals surface area contributed by atoms with E-state index in [1.165, 1.54) is 0 Å². The number of Topliss-reactive ketones (excluding diaryl/α,β-unsaturated/α-hetero) is 1. The molecule has 138 valence electrons. The first kappa shape index (κ1) is 22.3. The normalized spacial score (nSPS) is 14.5. The fourth-order valence-corrected chi connectivity index (χ4v) is 1.32. The summed E-state index contributed by atoms with van der Waals surface area (Å²) in [5.74, 6) is -8.67. The summed E-state index contributed by atoms with van der Waals surface area (Å²) in [6.07, 6.45) is -6.62. The summed E-state index contributed by atoms with van der Waals surface area (Å²) in [7, 11) is 0. The molecule has 12 heteroatoms. The monoisotopic (exact) mass is 379 g/mol. The van der Waals surface area contributed by atoms with E-state index in [-0.39, 0.29) is 0 Å². The summed E-state index contributed by atoms with van der Waals surface area (Å²) < 4.78 is 73.2. The molecule has 0 fully saturated rings. The van der Waals surface area contributed by atoms with Crippen LogP contribution in [0.1, 0.15) is 13.3 Å². The number of nitrogens with one attached hydrogen (secondary N) is 1. The van der Waals surface area contributed by atoms with E-state index in [1.54, 1.807) is 5.32 Å². The Bertz CT molecular complexity index is 505. The highest BCUT2D eigenvalue weighted by Gasteiger charge is 2.66. The maximum absolute atomic E-state index is 13.3. The maximum Gasteiger partial charge on any atom is 0.466 e. The Morgan fingerprint density at radius 1 is 1.21 bits per heavy atom. The van der Waals surface area contributed by atoms with E-state index >= 15 is 0 Å². The average Bonchev–Trinajstić information content (AvgIpc) is 2.40. The Labute approximate surface area is 138 Å². The van der Waals surface area contributed by atoms with E-state index in [0.717, 1.165) is 6.92 Å². The molecule has 1 atom stereocenters. The first-order valence-corrected chi connectivity index (χ1v) is 6.64. The zero-order chi connectivity index (χ0) is 19.2. The van der Waals surface area contributed by atoms with Crippen molar-refractivity contribution in [3.8, 4) is 0 Å². The van der Waals surface area contributed by atoms with Crippen molar-refractivity contribution in [1.29, 1.82) is 0 Å². The van der Waals surface area contributed by atoms with Crippen LogP contribution in [0.3, 0.4) is 0 Å². The molecule has 1 amide bonds. The fourth-order valence-electron chi connectivity index (χ4n) is 1.23. The van der Waals surface area contributed by atoms with Gasteiger partial charge in [-0.2, -0.15) is 22.0 Å². The minimum absolute atomic E-state index is 0.315. The van der Waals surface area contributed by atoms with E-state index in [0.29, 0.717) is 6.08 Å². The summed E-state index contributed by atoms with van der Waals surface area (Å²) in [5.41, 5.74) is 0. The molecule has 0 saturated heterocycles. The van der Waals surface area contributed by atoms with Crippen molar-refractivity contribution in [2.24, 2.45) is 0 Å². The van der Waals surface area contributed by atoms with Crippen molar-refractivity contribution < 1.29 is 45.8 Å². The number of hydrogen-bond acceptors (Lipinski definition) is 6. The number of rotatable bonds is 9. The molecule has 0 saturated carbocycles. The second-order valence-electron chi connectivity index (χ2n) is 4.39. The molecule has 0 bridgehead atoms. The minimum Gasteiger partial charge on any atom is -0.412 e. The first-order chi connectivity index (χ1) is 10.7. The zero-order valence-electron chi connectivity index (χ0n) is 12.3. The van der Waals surface area contributed by atoms with E-state index in [9.17, 15) is 36.3 Å². The molecular weight excluding hydrogens is 365 g/mol. The number of carbonyl (C=O) groups excluding carboxylic acids is 3. The van der Waals surface area contributed by atoms with Gasteiger partial charge in [-0.05, 0) is 6.92 Å². The van der Waals surface area contributed by atoms with Gasteiger partial charge in [0.05, 0.1) is 13.2 Å². The van der Waals surface area contributed by atoms with Gasteiger partial charge in [-0.25, -0.2) is 4.79 Å². The Balaban J connectivity index is 5.60. The van der Waals surface area contributed by atoms with Gasteiger partial charge in [0, 0.05) is 12.5 Å². The summed E-state index contributed by atoms with van der Waals surface area (Å²) in [5, 5.41) is -2.13. The second kappa shape index (κ2) is 8.42. The van der Waals surface area contributed by atoms with Crippen LogP contribution in [-0.4, -0.2) is 48.0 Å². The van der Waals surface area contributed by atoms with Gasteiger partial charge in [0.1, 0.15) is 5.78 Å². The lowest BCUT2D eigenvalue weighted by molar-refractivity contribution is -0.347. The summed E-state index contributed by atoms with van der Waals surface area (Å²) in [6.45, 7) is 1.68. The van der Waals surface area contributed by atoms with E-state index in [1.807, 2.05) is 0 Å². The fraction of sp³-hybridized carbons (Fsp3) is 0.583. The number of esters is 1. The number of ketones is 1. The van der Waals surface area contributed by atoms with Crippen LogP contribution in [0.15, 0.2) is 12.7 Å². The molecule has 0 heterocycles. The highest BCUT2D eigenvalue weighted by Crippen LogP contribution is 2.36. The molecule has 0 spiro atoms. The second-order valence-corrected chi connectivity index (χ2v) is 5.04. The Hall–Kier alpha value is -1.69. The van der Waals surface area contributed by atoms with Gasteiger partial charge in [0.25, 0.3) is 5.25 Å². The molecule has 0 aromatic carbocycles. The zero-order valence-corrected chi connectivity index (χ0v) is 13.2. The Morgan fingerprint density at radius 2 is 1.75 bits per heavy atom. The number of amides is 1. The topological polar surface area (TPSA) is 81.7 Å². The molecule has 0 aliphatic rings. The standard InChI is InChI=1S/C12H14F5NO5S/c1-3-8(20)23-11(12(15,16)17,9(21)18-6-7(2)19)22-5-4-10(13,14)24/h3,24H,1,4-6H2,2H3,(H,18,21). The van der Waals surface area contributed by atoms with Crippen LogP contribution in [0, 0.1) is 0 Å². The van der Waals surface area contributed by atoms with Gasteiger partial charge in [0.2, 0.25) is 0 Å². The summed E-state index contributed by atoms with van der Waals surface area (Å²) in [6, 6.07) is 0. The molecule has 0 aromatic rings. The molecule has 1 unspecified atom stereocenters. The van der Waals surface area contributed by atoms with Gasteiger partial charge in [0.15, 0.2) is 0 Å². The predicted molar refractivity (Wildman–Crippen MR) is 73.3 cm³/mol. The van der Waals surface area contributed by atoms with Crippen LogP contribution >= 0.6 is 12.6 Å². The molecule has 0 radical (unpaired) electrons. The molecule has 24 heavy (non-hydrogen) atoms. The van der Waals surface area contributed by atoms with Crippen molar-refractivity contribution >= 4 is 30.3 Å². The third-order valence-electron chi connectivity index (χ3n) is 2.29. The highest BCUT2D eigenvalue weighted by molar-refractivity contribution is 7.81. The van der Waals surface area contributed by atoms with E-state index < -0.39 is 54.5 Å². The lowest BCUT2D eigenvalue weighted by atomic mass is 10.2. The van der Waals surface area contributed by atoms with Crippen molar-refractivity contribution in [1.82, 2.24) is 5.32 Å². The molecule has 0 aliphatic carbocycles. The highest BCUT2D eigenvalue weighted by atomic mass is 32.1. The van der Waals surface area contributed by atoms with Crippen LogP contribution in [0.25, 0.3) is 0 Å². The van der Waals surface area contributed by atoms with Crippen molar-refractivity contribution in [2.45, 2.75) is 30.6 Å². The van der Waals surface area contributed by atoms with Crippen LogP contribution in [0.2, 0.25) is 0 Å². The third kappa shape index (κ3) is 6.83. The maximum atomic E-state index is 13.3. The largest absolute Gasteiger partial charge is 0.466 e. The Morgan fingerprint density at radius 3 is 2.12 bits per heavy atom. The van der Waals surface area contributed by atoms with Crippen LogP contribution in [0.4, 0.5) is 22.0 Å². The van der Waals surface area contributed by atoms with Gasteiger partial charge < -0.3 is 14.8 Å². The van der Waals surface area contributed by atoms with Gasteiger partial charge in [-0.1, -0.05) is 6.58 Å². The number of hydrogen-bond donors (Lipinski definition) is 2. The number of thiol groups is 1. The van der Waals surface area contributed by atoms with Crippen LogP contribution in [0.5, 0.6) is 0 Å². The minimum atomic E-state index is -5.63. The third-order valence-corrected chi connectivity index (χ3v) is 2.51. The predicted octanol–water partition coefficient (Wildman–Crippen LogP) is 1.61. The van der Waals surface area contributed by atoms with Crippen molar-refractivity contribution in [3.05, 3.63) is 12.7 Å². The van der Waals surface area contributed by atoms with Gasteiger partial charge in [-0.3, -0.25) is 9.59 Å².